The van der Waals surface area contributed by atoms with Crippen LogP contribution < -0.4 is 10.6 Å². The Kier molecular flexibility index (Phi) is 10.7. The summed E-state index contributed by atoms with van der Waals surface area (Å²) in [5.41, 5.74) is 2.61. The van der Waals surface area contributed by atoms with Gasteiger partial charge in [0.2, 0.25) is 0 Å². The number of nitrogens with one attached hydrogen (secondary N) is 2. The van der Waals surface area contributed by atoms with E-state index in [2.05, 4.69) is 63.7 Å². The summed E-state index contributed by atoms with van der Waals surface area (Å²) in [6, 6.07) is 13.2. The second-order valence-corrected chi connectivity index (χ2v) is 7.75. The number of hydrogen-bond acceptors (Lipinski definition) is 4. The Morgan fingerprint density at radius 2 is 1.97 bits per heavy atom. The van der Waals surface area contributed by atoms with Crippen LogP contribution in [0.3, 0.4) is 0 Å². The molecule has 3 rings (SSSR count). The molecule has 1 atom stereocenters. The van der Waals surface area contributed by atoms with Gasteiger partial charge in [-0.1, -0.05) is 31.2 Å². The number of halogens is 1. The standard InChI is InChI=1S/C23H35N5O.HI/c1-4-28-13-7-11-21(28)16-26-23(24-2)25-15-19-9-5-6-10-20(19)17-27(3)18-22-12-8-14-29-22;/h5-6,8-10,12,14,21H,4,7,11,13,15-18H2,1-3H3,(H2,24,25,26);1H. The number of nitrogens with zero attached hydrogens (tertiary/aromatic N) is 3. The second-order valence-electron chi connectivity index (χ2n) is 7.75. The maximum absolute atomic E-state index is 5.47. The van der Waals surface area contributed by atoms with Crippen molar-refractivity contribution >= 4 is 29.9 Å². The molecule has 1 unspecified atom stereocenters. The summed E-state index contributed by atoms with van der Waals surface area (Å²) in [6.45, 7) is 7.95. The minimum absolute atomic E-state index is 0. The van der Waals surface area contributed by atoms with Crippen molar-refractivity contribution in [3.63, 3.8) is 0 Å². The summed E-state index contributed by atoms with van der Waals surface area (Å²) in [4.78, 5) is 9.22. The van der Waals surface area contributed by atoms with E-state index >= 15 is 0 Å². The van der Waals surface area contributed by atoms with Gasteiger partial charge in [-0.15, -0.1) is 24.0 Å². The van der Waals surface area contributed by atoms with E-state index in [9.17, 15) is 0 Å². The monoisotopic (exact) mass is 525 g/mol. The molecule has 2 N–H and O–H groups in total. The molecule has 0 amide bonds. The van der Waals surface area contributed by atoms with Crippen LogP contribution in [0, 0.1) is 0 Å². The van der Waals surface area contributed by atoms with Crippen molar-refractivity contribution < 1.29 is 4.42 Å². The van der Waals surface area contributed by atoms with Crippen molar-refractivity contribution in [1.82, 2.24) is 20.4 Å². The third-order valence-corrected chi connectivity index (χ3v) is 5.64. The fourth-order valence-corrected chi connectivity index (χ4v) is 4.06. The van der Waals surface area contributed by atoms with E-state index in [0.29, 0.717) is 6.04 Å². The van der Waals surface area contributed by atoms with Crippen molar-refractivity contribution in [2.24, 2.45) is 4.99 Å². The molecular weight excluding hydrogens is 489 g/mol. The summed E-state index contributed by atoms with van der Waals surface area (Å²) in [6.07, 6.45) is 4.29. The topological polar surface area (TPSA) is 56.0 Å². The molecule has 1 fully saturated rings. The molecule has 1 aromatic heterocycles. The largest absolute Gasteiger partial charge is 0.468 e. The molecule has 0 radical (unpaired) electrons. The SMILES string of the molecule is CCN1CCCC1CNC(=NC)NCc1ccccc1CN(C)Cc1ccco1.I. The van der Waals surface area contributed by atoms with Gasteiger partial charge in [-0.25, -0.2) is 0 Å². The lowest BCUT2D eigenvalue weighted by atomic mass is 10.1. The number of benzene rings is 1. The van der Waals surface area contributed by atoms with Crippen LogP contribution in [-0.2, 0) is 19.6 Å². The first-order chi connectivity index (χ1) is 14.2. The molecular formula is C23H36IN5O. The third kappa shape index (κ3) is 7.28. The molecule has 6 nitrogen and oxygen atoms in total. The van der Waals surface area contributed by atoms with E-state index in [1.165, 1.54) is 30.5 Å². The van der Waals surface area contributed by atoms with Gasteiger partial charge in [0.05, 0.1) is 12.8 Å². The number of likely N-dealkylation sites (tertiary alicyclic amines) is 1. The first kappa shape index (κ1) is 24.7. The number of guanidine groups is 1. The minimum Gasteiger partial charge on any atom is -0.468 e. The lowest BCUT2D eigenvalue weighted by molar-refractivity contribution is 0.267. The van der Waals surface area contributed by atoms with Gasteiger partial charge >= 0.3 is 0 Å². The summed E-state index contributed by atoms with van der Waals surface area (Å²) in [7, 11) is 3.96. The highest BCUT2D eigenvalue weighted by molar-refractivity contribution is 14.0. The van der Waals surface area contributed by atoms with Crippen LogP contribution in [0.25, 0.3) is 0 Å². The lowest BCUT2D eigenvalue weighted by Crippen LogP contribution is -2.44. The summed E-state index contributed by atoms with van der Waals surface area (Å²) >= 11 is 0. The molecule has 0 aliphatic carbocycles. The van der Waals surface area contributed by atoms with Gasteiger partial charge in [0.25, 0.3) is 0 Å². The number of aliphatic imine (C=N–C) groups is 1. The molecule has 2 heterocycles. The quantitative estimate of drug-likeness (QED) is 0.297. The van der Waals surface area contributed by atoms with E-state index in [0.717, 1.165) is 44.4 Å². The first-order valence-electron chi connectivity index (χ1n) is 10.7. The average molecular weight is 525 g/mol. The highest BCUT2D eigenvalue weighted by atomic mass is 127. The molecule has 7 heteroatoms. The molecule has 0 saturated carbocycles. The summed E-state index contributed by atoms with van der Waals surface area (Å²) in [5.74, 6) is 1.85. The maximum atomic E-state index is 5.47. The molecule has 0 spiro atoms. The van der Waals surface area contributed by atoms with Crippen LogP contribution in [0.2, 0.25) is 0 Å². The van der Waals surface area contributed by atoms with Crippen LogP contribution in [0.15, 0.2) is 52.1 Å². The van der Waals surface area contributed by atoms with Crippen LogP contribution in [-0.4, -0.2) is 55.5 Å². The lowest BCUT2D eigenvalue weighted by Gasteiger charge is -2.24. The van der Waals surface area contributed by atoms with Crippen LogP contribution in [0.5, 0.6) is 0 Å². The molecule has 0 bridgehead atoms. The second kappa shape index (κ2) is 13.0. The van der Waals surface area contributed by atoms with Crippen LogP contribution >= 0.6 is 24.0 Å². The van der Waals surface area contributed by atoms with Gasteiger partial charge in [-0.05, 0) is 56.2 Å². The van der Waals surface area contributed by atoms with E-state index in [4.69, 9.17) is 4.42 Å². The van der Waals surface area contributed by atoms with Gasteiger partial charge in [0.15, 0.2) is 5.96 Å². The van der Waals surface area contributed by atoms with Crippen molar-refractivity contribution in [2.45, 2.75) is 45.4 Å². The smallest absolute Gasteiger partial charge is 0.191 e. The predicted octanol–water partition coefficient (Wildman–Crippen LogP) is 3.68. The van der Waals surface area contributed by atoms with E-state index in [-0.39, 0.29) is 24.0 Å². The molecule has 30 heavy (non-hydrogen) atoms. The van der Waals surface area contributed by atoms with Crippen LogP contribution in [0.1, 0.15) is 36.7 Å². The molecule has 1 aromatic carbocycles. The van der Waals surface area contributed by atoms with E-state index in [1.807, 2.05) is 19.2 Å². The zero-order valence-electron chi connectivity index (χ0n) is 18.4. The van der Waals surface area contributed by atoms with Gasteiger partial charge in [0, 0.05) is 32.7 Å². The number of furan rings is 1. The minimum atomic E-state index is 0. The Morgan fingerprint density at radius 3 is 2.67 bits per heavy atom. The molecule has 1 aliphatic heterocycles. The number of rotatable bonds is 9. The van der Waals surface area contributed by atoms with Gasteiger partial charge < -0.3 is 15.1 Å². The van der Waals surface area contributed by atoms with Gasteiger partial charge in [-0.2, -0.15) is 0 Å². The fourth-order valence-electron chi connectivity index (χ4n) is 4.06. The Hall–Kier alpha value is -1.58. The normalized spacial score (nSPS) is 17.2. The summed E-state index contributed by atoms with van der Waals surface area (Å²) in [5, 5.41) is 7.00. The fraction of sp³-hybridized carbons (Fsp3) is 0.522. The zero-order chi connectivity index (χ0) is 20.5. The third-order valence-electron chi connectivity index (χ3n) is 5.64. The van der Waals surface area contributed by atoms with Crippen molar-refractivity contribution in [1.29, 1.82) is 0 Å². The Morgan fingerprint density at radius 1 is 1.17 bits per heavy atom. The summed E-state index contributed by atoms with van der Waals surface area (Å²) < 4.78 is 5.47. The highest BCUT2D eigenvalue weighted by Crippen LogP contribution is 2.16. The first-order valence-corrected chi connectivity index (χ1v) is 10.7. The van der Waals surface area contributed by atoms with E-state index in [1.54, 1.807) is 6.26 Å². The Bertz CT molecular complexity index is 765. The molecule has 1 saturated heterocycles. The Balaban J connectivity index is 0.00000320. The average Bonchev–Trinajstić information content (AvgIpc) is 3.40. The van der Waals surface area contributed by atoms with E-state index < -0.39 is 0 Å². The number of likely N-dealkylation sites (N-methyl/N-ethyl adjacent to an activating group) is 1. The van der Waals surface area contributed by atoms with Crippen molar-refractivity contribution in [2.75, 3.05) is 33.7 Å². The molecule has 166 valence electrons. The maximum Gasteiger partial charge on any atom is 0.191 e. The van der Waals surface area contributed by atoms with Crippen molar-refractivity contribution in [3.8, 4) is 0 Å². The number of hydrogen-bond donors (Lipinski definition) is 2. The van der Waals surface area contributed by atoms with Gasteiger partial charge in [-0.3, -0.25) is 14.8 Å². The zero-order valence-corrected chi connectivity index (χ0v) is 20.8. The van der Waals surface area contributed by atoms with Crippen LogP contribution in [0.4, 0.5) is 0 Å². The Labute approximate surface area is 198 Å². The molecule has 1 aliphatic rings. The molecule has 2 aromatic rings. The highest BCUT2D eigenvalue weighted by Gasteiger charge is 2.22. The van der Waals surface area contributed by atoms with Gasteiger partial charge in [0.1, 0.15) is 5.76 Å². The van der Waals surface area contributed by atoms with Crippen molar-refractivity contribution in [3.05, 3.63) is 59.5 Å². The predicted molar refractivity (Wildman–Crippen MR) is 134 cm³/mol.